The molecule has 0 spiro atoms. The molecule has 1 rings (SSSR count). The summed E-state index contributed by atoms with van der Waals surface area (Å²) < 4.78 is 24.3. The van der Waals surface area contributed by atoms with Gasteiger partial charge in [0.25, 0.3) is 0 Å². The Morgan fingerprint density at radius 1 is 1.25 bits per heavy atom. The highest BCUT2D eigenvalue weighted by Crippen LogP contribution is 2.22. The van der Waals surface area contributed by atoms with Crippen molar-refractivity contribution in [2.45, 2.75) is 39.2 Å². The summed E-state index contributed by atoms with van der Waals surface area (Å²) in [5.41, 5.74) is 0.947. The lowest BCUT2D eigenvalue weighted by molar-refractivity contribution is 0.183. The van der Waals surface area contributed by atoms with Gasteiger partial charge in [0.1, 0.15) is 0 Å². The molecular weight excluding hydrogens is 257 g/mol. The maximum atomic E-state index is 13.9. The number of hydrogen-bond donors (Lipinski definition) is 1. The number of hydrogen-bond acceptors (Lipinski definition) is 3. The molecule has 1 N–H and O–H groups in total. The Kier molecular flexibility index (Phi) is 8.23. The fraction of sp³-hybridized carbons (Fsp3) is 0.625. The van der Waals surface area contributed by atoms with Crippen LogP contribution in [0.3, 0.4) is 0 Å². The van der Waals surface area contributed by atoms with E-state index in [1.807, 2.05) is 13.0 Å². The van der Waals surface area contributed by atoms with Crippen LogP contribution in [0.4, 0.5) is 4.39 Å². The zero-order valence-corrected chi connectivity index (χ0v) is 12.7. The van der Waals surface area contributed by atoms with E-state index in [0.29, 0.717) is 19.0 Å². The van der Waals surface area contributed by atoms with Crippen molar-refractivity contribution in [2.75, 3.05) is 26.9 Å². The number of ether oxygens (including phenoxy) is 2. The average molecular weight is 283 g/mol. The molecule has 20 heavy (non-hydrogen) atoms. The van der Waals surface area contributed by atoms with Crippen molar-refractivity contribution >= 4 is 0 Å². The Morgan fingerprint density at radius 2 is 2.00 bits per heavy atom. The smallest absolute Gasteiger partial charge is 0.165 e. The van der Waals surface area contributed by atoms with Crippen LogP contribution < -0.4 is 10.1 Å². The van der Waals surface area contributed by atoms with Crippen LogP contribution in [-0.2, 0) is 4.74 Å². The van der Waals surface area contributed by atoms with Crippen molar-refractivity contribution in [1.82, 2.24) is 5.32 Å². The number of methoxy groups -OCH3 is 1. The lowest BCUT2D eigenvalue weighted by Crippen LogP contribution is -2.19. The predicted molar refractivity (Wildman–Crippen MR) is 79.7 cm³/mol. The standard InChI is InChI=1S/C16H26FNO2/c1-4-9-18-13(2)14-7-8-16(15(17)12-14)20-11-6-5-10-19-3/h7-8,12-13,18H,4-6,9-11H2,1-3H3. The SMILES string of the molecule is CCCNC(C)c1ccc(OCCCCOC)c(F)c1. The second kappa shape index (κ2) is 9.72. The van der Waals surface area contributed by atoms with Crippen molar-refractivity contribution in [1.29, 1.82) is 0 Å². The van der Waals surface area contributed by atoms with E-state index in [1.165, 1.54) is 0 Å². The fourth-order valence-corrected chi connectivity index (χ4v) is 1.91. The van der Waals surface area contributed by atoms with Crippen LogP contribution in [0.1, 0.15) is 44.7 Å². The van der Waals surface area contributed by atoms with Gasteiger partial charge in [-0.1, -0.05) is 13.0 Å². The van der Waals surface area contributed by atoms with E-state index in [1.54, 1.807) is 19.2 Å². The third-order valence-electron chi connectivity index (χ3n) is 3.16. The first-order chi connectivity index (χ1) is 9.69. The van der Waals surface area contributed by atoms with Gasteiger partial charge in [-0.15, -0.1) is 0 Å². The minimum Gasteiger partial charge on any atom is -0.491 e. The highest BCUT2D eigenvalue weighted by atomic mass is 19.1. The van der Waals surface area contributed by atoms with E-state index in [-0.39, 0.29) is 11.9 Å². The molecule has 1 atom stereocenters. The molecule has 0 saturated carbocycles. The van der Waals surface area contributed by atoms with Gasteiger partial charge < -0.3 is 14.8 Å². The van der Waals surface area contributed by atoms with Crippen molar-refractivity contribution in [3.8, 4) is 5.75 Å². The summed E-state index contributed by atoms with van der Waals surface area (Å²) in [6, 6.07) is 5.34. The minimum absolute atomic E-state index is 0.153. The molecule has 0 fully saturated rings. The van der Waals surface area contributed by atoms with Gasteiger partial charge in [-0.05, 0) is 50.4 Å². The Balaban J connectivity index is 2.46. The molecule has 4 heteroatoms. The lowest BCUT2D eigenvalue weighted by Gasteiger charge is -2.15. The van der Waals surface area contributed by atoms with E-state index in [0.717, 1.165) is 31.4 Å². The van der Waals surface area contributed by atoms with Crippen molar-refractivity contribution < 1.29 is 13.9 Å². The first kappa shape index (κ1) is 16.9. The minimum atomic E-state index is -0.292. The van der Waals surface area contributed by atoms with E-state index in [9.17, 15) is 4.39 Å². The van der Waals surface area contributed by atoms with Crippen molar-refractivity contribution in [2.24, 2.45) is 0 Å². The van der Waals surface area contributed by atoms with Gasteiger partial charge >= 0.3 is 0 Å². The van der Waals surface area contributed by atoms with Gasteiger partial charge in [-0.25, -0.2) is 4.39 Å². The molecule has 0 radical (unpaired) electrons. The summed E-state index contributed by atoms with van der Waals surface area (Å²) in [6.45, 7) is 6.31. The Morgan fingerprint density at radius 3 is 2.65 bits per heavy atom. The summed E-state index contributed by atoms with van der Waals surface area (Å²) in [6.07, 6.45) is 2.85. The Bertz CT molecular complexity index is 385. The highest BCUT2D eigenvalue weighted by molar-refractivity contribution is 5.30. The molecule has 0 aliphatic carbocycles. The van der Waals surface area contributed by atoms with E-state index < -0.39 is 0 Å². The first-order valence-electron chi connectivity index (χ1n) is 7.33. The number of benzene rings is 1. The predicted octanol–water partition coefficient (Wildman–Crippen LogP) is 3.69. The second-order valence-electron chi connectivity index (χ2n) is 4.91. The molecule has 0 bridgehead atoms. The Labute approximate surface area is 121 Å². The van der Waals surface area contributed by atoms with Crippen LogP contribution in [0.2, 0.25) is 0 Å². The number of rotatable bonds is 10. The number of nitrogens with one attached hydrogen (secondary N) is 1. The zero-order valence-electron chi connectivity index (χ0n) is 12.7. The lowest BCUT2D eigenvalue weighted by atomic mass is 10.1. The van der Waals surface area contributed by atoms with E-state index in [2.05, 4.69) is 12.2 Å². The first-order valence-corrected chi connectivity index (χ1v) is 7.33. The van der Waals surface area contributed by atoms with Gasteiger partial charge in [0.2, 0.25) is 0 Å². The van der Waals surface area contributed by atoms with Crippen LogP contribution in [0.25, 0.3) is 0 Å². The Hall–Kier alpha value is -1.13. The molecule has 0 amide bonds. The third-order valence-corrected chi connectivity index (χ3v) is 3.16. The van der Waals surface area contributed by atoms with Crippen LogP contribution >= 0.6 is 0 Å². The molecular formula is C16H26FNO2. The monoisotopic (exact) mass is 283 g/mol. The third kappa shape index (κ3) is 5.88. The van der Waals surface area contributed by atoms with Crippen LogP contribution in [-0.4, -0.2) is 26.9 Å². The second-order valence-corrected chi connectivity index (χ2v) is 4.91. The fourth-order valence-electron chi connectivity index (χ4n) is 1.91. The molecule has 1 unspecified atom stereocenters. The van der Waals surface area contributed by atoms with Crippen LogP contribution in [0.15, 0.2) is 18.2 Å². The maximum absolute atomic E-state index is 13.9. The summed E-state index contributed by atoms with van der Waals surface area (Å²) in [4.78, 5) is 0. The van der Waals surface area contributed by atoms with Gasteiger partial charge in [-0.2, -0.15) is 0 Å². The summed E-state index contributed by atoms with van der Waals surface area (Å²) in [5.74, 6) is 0.0354. The summed E-state index contributed by atoms with van der Waals surface area (Å²) >= 11 is 0. The van der Waals surface area contributed by atoms with Crippen molar-refractivity contribution in [3.05, 3.63) is 29.6 Å². The van der Waals surface area contributed by atoms with Gasteiger partial charge in [0.15, 0.2) is 11.6 Å². The molecule has 0 aromatic heterocycles. The average Bonchev–Trinajstić information content (AvgIpc) is 2.46. The van der Waals surface area contributed by atoms with Gasteiger partial charge in [0, 0.05) is 19.8 Å². The highest BCUT2D eigenvalue weighted by Gasteiger charge is 2.09. The topological polar surface area (TPSA) is 30.5 Å². The molecule has 3 nitrogen and oxygen atoms in total. The van der Waals surface area contributed by atoms with Gasteiger partial charge in [0.05, 0.1) is 6.61 Å². The molecule has 114 valence electrons. The normalized spacial score (nSPS) is 12.4. The molecule has 0 aliphatic heterocycles. The largest absolute Gasteiger partial charge is 0.491 e. The molecule has 0 aliphatic rings. The molecule has 0 heterocycles. The van der Waals surface area contributed by atoms with Gasteiger partial charge in [-0.3, -0.25) is 0 Å². The maximum Gasteiger partial charge on any atom is 0.165 e. The van der Waals surface area contributed by atoms with Crippen molar-refractivity contribution in [3.63, 3.8) is 0 Å². The molecule has 1 aromatic carbocycles. The summed E-state index contributed by atoms with van der Waals surface area (Å²) in [7, 11) is 1.67. The molecule has 0 saturated heterocycles. The van der Waals surface area contributed by atoms with E-state index in [4.69, 9.17) is 9.47 Å². The van der Waals surface area contributed by atoms with Crippen LogP contribution in [0, 0.1) is 5.82 Å². The molecule has 1 aromatic rings. The van der Waals surface area contributed by atoms with Crippen LogP contribution in [0.5, 0.6) is 5.75 Å². The summed E-state index contributed by atoms with van der Waals surface area (Å²) in [5, 5.41) is 3.34. The number of unbranched alkanes of at least 4 members (excludes halogenated alkanes) is 1. The van der Waals surface area contributed by atoms with E-state index >= 15 is 0 Å². The number of halogens is 1. The quantitative estimate of drug-likeness (QED) is 0.664. The zero-order chi connectivity index (χ0) is 14.8.